The number of nitrogens with zero attached hydrogens (tertiary/aromatic N) is 1. The first-order valence-electron chi connectivity index (χ1n) is 8.45. The molecular formula is C20H20ClN3O2. The first kappa shape index (κ1) is 18.2. The van der Waals surface area contributed by atoms with E-state index in [0.29, 0.717) is 42.0 Å². The van der Waals surface area contributed by atoms with E-state index in [2.05, 4.69) is 5.32 Å². The number of hydrogen-bond donors (Lipinski definition) is 2. The summed E-state index contributed by atoms with van der Waals surface area (Å²) in [6, 6.07) is 14.9. The van der Waals surface area contributed by atoms with Gasteiger partial charge in [-0.1, -0.05) is 41.9 Å². The van der Waals surface area contributed by atoms with Gasteiger partial charge < -0.3 is 15.6 Å². The fourth-order valence-electron chi connectivity index (χ4n) is 2.84. The highest BCUT2D eigenvalue weighted by Gasteiger charge is 2.15. The van der Waals surface area contributed by atoms with Crippen LogP contribution in [0.2, 0.25) is 5.02 Å². The van der Waals surface area contributed by atoms with E-state index in [9.17, 15) is 9.59 Å². The lowest BCUT2D eigenvalue weighted by molar-refractivity contribution is 0.0952. The number of aromatic nitrogens is 1. The Labute approximate surface area is 156 Å². The molecule has 1 amide bonds. The minimum absolute atomic E-state index is 0.118. The van der Waals surface area contributed by atoms with Crippen LogP contribution in [0.4, 0.5) is 0 Å². The molecule has 0 aliphatic rings. The maximum absolute atomic E-state index is 12.8. The molecule has 0 bridgehead atoms. The average molecular weight is 370 g/mol. The Bertz CT molecular complexity index is 984. The maximum atomic E-state index is 12.8. The van der Waals surface area contributed by atoms with Crippen LogP contribution < -0.4 is 16.5 Å². The van der Waals surface area contributed by atoms with Gasteiger partial charge in [-0.3, -0.25) is 9.59 Å². The third-order valence-corrected chi connectivity index (χ3v) is 4.39. The molecule has 1 aromatic heterocycles. The van der Waals surface area contributed by atoms with Crippen molar-refractivity contribution in [1.82, 2.24) is 9.88 Å². The number of hydrogen-bond acceptors (Lipinski definition) is 3. The molecular weight excluding hydrogens is 350 g/mol. The van der Waals surface area contributed by atoms with Crippen molar-refractivity contribution < 1.29 is 4.79 Å². The number of carbonyl (C=O) groups excluding carboxylic acids is 1. The van der Waals surface area contributed by atoms with Gasteiger partial charge in [-0.2, -0.15) is 0 Å². The normalized spacial score (nSPS) is 10.8. The van der Waals surface area contributed by atoms with Crippen molar-refractivity contribution in [3.05, 3.63) is 81.1 Å². The van der Waals surface area contributed by atoms with E-state index in [4.69, 9.17) is 17.3 Å². The standard InChI is InChI=1S/C20H20ClN3O2/c21-15-7-8-16-18(11-15)24(12-14-5-2-1-3-6-14)13-17(19(16)25)20(26)23-10-4-9-22/h1-3,5-8,11,13H,4,9-10,12,22H2,(H,23,26). The van der Waals surface area contributed by atoms with E-state index in [1.54, 1.807) is 24.4 Å². The number of nitrogens with two attached hydrogens (primary N) is 1. The number of pyridine rings is 1. The highest BCUT2D eigenvalue weighted by Crippen LogP contribution is 2.19. The summed E-state index contributed by atoms with van der Waals surface area (Å²) < 4.78 is 1.88. The molecule has 0 aliphatic carbocycles. The number of halogens is 1. The van der Waals surface area contributed by atoms with Crippen LogP contribution in [0, 0.1) is 0 Å². The van der Waals surface area contributed by atoms with Crippen LogP contribution in [-0.2, 0) is 6.54 Å². The molecule has 6 heteroatoms. The van der Waals surface area contributed by atoms with Gasteiger partial charge in [0.15, 0.2) is 0 Å². The highest BCUT2D eigenvalue weighted by atomic mass is 35.5. The van der Waals surface area contributed by atoms with Crippen molar-refractivity contribution in [2.24, 2.45) is 5.73 Å². The third kappa shape index (κ3) is 3.95. The number of amides is 1. The largest absolute Gasteiger partial charge is 0.352 e. The molecule has 0 aliphatic heterocycles. The Morgan fingerprint density at radius 2 is 1.92 bits per heavy atom. The van der Waals surface area contributed by atoms with E-state index in [1.165, 1.54) is 0 Å². The highest BCUT2D eigenvalue weighted by molar-refractivity contribution is 6.31. The minimum Gasteiger partial charge on any atom is -0.352 e. The van der Waals surface area contributed by atoms with Gasteiger partial charge in [0, 0.05) is 29.7 Å². The topological polar surface area (TPSA) is 77.1 Å². The molecule has 3 N–H and O–H groups in total. The van der Waals surface area contributed by atoms with E-state index < -0.39 is 0 Å². The van der Waals surface area contributed by atoms with Crippen molar-refractivity contribution in [1.29, 1.82) is 0 Å². The van der Waals surface area contributed by atoms with Gasteiger partial charge in [-0.25, -0.2) is 0 Å². The van der Waals surface area contributed by atoms with Crippen LogP contribution in [-0.4, -0.2) is 23.6 Å². The second-order valence-electron chi connectivity index (χ2n) is 6.04. The molecule has 5 nitrogen and oxygen atoms in total. The summed E-state index contributed by atoms with van der Waals surface area (Å²) >= 11 is 6.13. The zero-order valence-electron chi connectivity index (χ0n) is 14.2. The Morgan fingerprint density at radius 1 is 1.15 bits per heavy atom. The van der Waals surface area contributed by atoms with Gasteiger partial charge in [-0.05, 0) is 36.7 Å². The van der Waals surface area contributed by atoms with Crippen molar-refractivity contribution in [2.75, 3.05) is 13.1 Å². The summed E-state index contributed by atoms with van der Waals surface area (Å²) in [5.74, 6) is -0.387. The predicted molar refractivity (Wildman–Crippen MR) is 105 cm³/mol. The molecule has 3 rings (SSSR count). The Balaban J connectivity index is 2.09. The fraction of sp³-hybridized carbons (Fsp3) is 0.200. The monoisotopic (exact) mass is 369 g/mol. The van der Waals surface area contributed by atoms with Crippen LogP contribution >= 0.6 is 11.6 Å². The predicted octanol–water partition coefficient (Wildman–Crippen LogP) is 2.78. The van der Waals surface area contributed by atoms with E-state index in [0.717, 1.165) is 5.56 Å². The first-order valence-corrected chi connectivity index (χ1v) is 8.83. The van der Waals surface area contributed by atoms with Crippen molar-refractivity contribution >= 4 is 28.4 Å². The van der Waals surface area contributed by atoms with Gasteiger partial charge in [0.1, 0.15) is 5.56 Å². The molecule has 1 heterocycles. The number of rotatable bonds is 6. The van der Waals surface area contributed by atoms with Crippen molar-refractivity contribution in [2.45, 2.75) is 13.0 Å². The maximum Gasteiger partial charge on any atom is 0.256 e. The summed E-state index contributed by atoms with van der Waals surface area (Å²) in [7, 11) is 0. The molecule has 134 valence electrons. The van der Waals surface area contributed by atoms with Crippen LogP contribution in [0.15, 0.2) is 59.5 Å². The van der Waals surface area contributed by atoms with E-state index in [1.807, 2.05) is 34.9 Å². The van der Waals surface area contributed by atoms with Gasteiger partial charge >= 0.3 is 0 Å². The Kier molecular flexibility index (Phi) is 5.71. The second kappa shape index (κ2) is 8.17. The molecule has 0 radical (unpaired) electrons. The third-order valence-electron chi connectivity index (χ3n) is 4.15. The quantitative estimate of drug-likeness (QED) is 0.656. The number of fused-ring (bicyclic) bond motifs is 1. The number of carbonyl (C=O) groups is 1. The fourth-order valence-corrected chi connectivity index (χ4v) is 3.00. The van der Waals surface area contributed by atoms with Gasteiger partial charge in [0.2, 0.25) is 5.43 Å². The SMILES string of the molecule is NCCCNC(=O)c1cn(Cc2ccccc2)c2cc(Cl)ccc2c1=O. The molecule has 0 spiro atoms. The van der Waals surface area contributed by atoms with E-state index >= 15 is 0 Å². The smallest absolute Gasteiger partial charge is 0.256 e. The average Bonchev–Trinajstić information content (AvgIpc) is 2.65. The Hall–Kier alpha value is -2.63. The summed E-state index contributed by atoms with van der Waals surface area (Å²) in [6.45, 7) is 1.45. The van der Waals surface area contributed by atoms with Gasteiger partial charge in [0.05, 0.1) is 5.52 Å². The van der Waals surface area contributed by atoms with Crippen molar-refractivity contribution in [3.63, 3.8) is 0 Å². The number of benzene rings is 2. The first-order chi connectivity index (χ1) is 12.6. The molecule has 3 aromatic rings. The second-order valence-corrected chi connectivity index (χ2v) is 6.48. The molecule has 0 saturated heterocycles. The lowest BCUT2D eigenvalue weighted by Crippen LogP contribution is -2.31. The van der Waals surface area contributed by atoms with Gasteiger partial charge in [-0.15, -0.1) is 0 Å². The Morgan fingerprint density at radius 3 is 2.65 bits per heavy atom. The lowest BCUT2D eigenvalue weighted by Gasteiger charge is -2.14. The molecule has 2 aromatic carbocycles. The zero-order chi connectivity index (χ0) is 18.5. The summed E-state index contributed by atoms with van der Waals surface area (Å²) in [4.78, 5) is 25.2. The summed E-state index contributed by atoms with van der Waals surface area (Å²) in [6.07, 6.45) is 2.26. The van der Waals surface area contributed by atoms with Crippen LogP contribution in [0.3, 0.4) is 0 Å². The molecule has 0 atom stereocenters. The summed E-state index contributed by atoms with van der Waals surface area (Å²) in [5, 5.41) is 3.76. The molecule has 0 saturated carbocycles. The van der Waals surface area contributed by atoms with E-state index in [-0.39, 0.29) is 16.9 Å². The number of nitrogens with one attached hydrogen (secondary N) is 1. The minimum atomic E-state index is -0.387. The lowest BCUT2D eigenvalue weighted by atomic mass is 10.1. The van der Waals surface area contributed by atoms with Crippen LogP contribution in [0.5, 0.6) is 0 Å². The molecule has 0 unspecified atom stereocenters. The van der Waals surface area contributed by atoms with Gasteiger partial charge in [0.25, 0.3) is 5.91 Å². The van der Waals surface area contributed by atoms with Crippen LogP contribution in [0.25, 0.3) is 10.9 Å². The zero-order valence-corrected chi connectivity index (χ0v) is 15.0. The molecule has 26 heavy (non-hydrogen) atoms. The van der Waals surface area contributed by atoms with Crippen molar-refractivity contribution in [3.8, 4) is 0 Å². The molecule has 0 fully saturated rings. The summed E-state index contributed by atoms with van der Waals surface area (Å²) in [5.41, 5.74) is 7.03. The van der Waals surface area contributed by atoms with Crippen LogP contribution in [0.1, 0.15) is 22.3 Å².